The molecule has 0 fully saturated rings. The molecule has 0 aliphatic heterocycles. The molecular formula is C11H12ClN7. The van der Waals surface area contributed by atoms with Crippen LogP contribution in [0.5, 0.6) is 0 Å². The normalized spacial score (nSPS) is 11.2. The molecule has 0 saturated carbocycles. The molecule has 0 bridgehead atoms. The second-order valence-electron chi connectivity index (χ2n) is 4.14. The Morgan fingerprint density at radius 3 is 3.00 bits per heavy atom. The first-order valence-electron chi connectivity index (χ1n) is 5.85. The molecule has 3 aromatic rings. The molecule has 3 heterocycles. The molecule has 7 nitrogen and oxygen atoms in total. The van der Waals surface area contributed by atoms with Gasteiger partial charge in [-0.15, -0.1) is 5.10 Å². The van der Waals surface area contributed by atoms with Gasteiger partial charge in [0.15, 0.2) is 5.65 Å². The summed E-state index contributed by atoms with van der Waals surface area (Å²) < 4.78 is 3.65. The van der Waals surface area contributed by atoms with E-state index in [1.54, 1.807) is 23.1 Å². The van der Waals surface area contributed by atoms with Crippen LogP contribution in [0.25, 0.3) is 11.2 Å². The number of pyridine rings is 1. The van der Waals surface area contributed by atoms with Gasteiger partial charge in [0, 0.05) is 25.5 Å². The maximum absolute atomic E-state index is 5.90. The van der Waals surface area contributed by atoms with Crippen LogP contribution in [0.4, 0.5) is 5.95 Å². The molecule has 98 valence electrons. The van der Waals surface area contributed by atoms with Crippen molar-refractivity contribution in [1.29, 1.82) is 0 Å². The predicted octanol–water partition coefficient (Wildman–Crippen LogP) is 1.35. The summed E-state index contributed by atoms with van der Waals surface area (Å²) in [7, 11) is 0. The van der Waals surface area contributed by atoms with Gasteiger partial charge in [-0.05, 0) is 12.5 Å². The number of aromatic nitrogens is 6. The van der Waals surface area contributed by atoms with Gasteiger partial charge in [-0.2, -0.15) is 0 Å². The summed E-state index contributed by atoms with van der Waals surface area (Å²) in [6, 6.07) is 1.76. The van der Waals surface area contributed by atoms with Gasteiger partial charge in [-0.3, -0.25) is 9.25 Å². The molecule has 0 radical (unpaired) electrons. The first-order valence-corrected chi connectivity index (χ1v) is 6.23. The third-order valence-electron chi connectivity index (χ3n) is 2.82. The molecule has 0 amide bonds. The van der Waals surface area contributed by atoms with E-state index < -0.39 is 0 Å². The minimum Gasteiger partial charge on any atom is -0.369 e. The molecule has 0 atom stereocenters. The highest BCUT2D eigenvalue weighted by molar-refractivity contribution is 6.31. The van der Waals surface area contributed by atoms with Gasteiger partial charge < -0.3 is 5.73 Å². The van der Waals surface area contributed by atoms with Gasteiger partial charge in [0.1, 0.15) is 5.52 Å². The number of aryl methyl sites for hydroxylation is 2. The molecule has 8 heteroatoms. The number of anilines is 1. The van der Waals surface area contributed by atoms with E-state index in [4.69, 9.17) is 17.3 Å². The Morgan fingerprint density at radius 1 is 1.32 bits per heavy atom. The standard InChI is InChI=1S/C11H12ClN7/c12-8-6-9-10(14-7-8)19(11(13)16-9)4-1-3-18-5-2-15-17-18/h2,5-7H,1,3-4H2,(H2,13,16). The summed E-state index contributed by atoms with van der Waals surface area (Å²) in [6.45, 7) is 1.49. The Kier molecular flexibility index (Phi) is 3.04. The number of fused-ring (bicyclic) bond motifs is 1. The van der Waals surface area contributed by atoms with Crippen LogP contribution in [0.3, 0.4) is 0 Å². The maximum Gasteiger partial charge on any atom is 0.202 e. The quantitative estimate of drug-likeness (QED) is 0.778. The highest BCUT2D eigenvalue weighted by Crippen LogP contribution is 2.19. The van der Waals surface area contributed by atoms with Crippen LogP contribution in [0.1, 0.15) is 6.42 Å². The Hall–Kier alpha value is -2.15. The van der Waals surface area contributed by atoms with Crippen molar-refractivity contribution in [2.45, 2.75) is 19.5 Å². The van der Waals surface area contributed by atoms with E-state index in [2.05, 4.69) is 20.3 Å². The van der Waals surface area contributed by atoms with Crippen molar-refractivity contribution in [2.75, 3.05) is 5.73 Å². The molecule has 3 aromatic heterocycles. The molecule has 0 aliphatic carbocycles. The number of hydrogen-bond acceptors (Lipinski definition) is 5. The fraction of sp³-hybridized carbons (Fsp3) is 0.273. The molecule has 0 aromatic carbocycles. The van der Waals surface area contributed by atoms with Gasteiger partial charge in [0.05, 0.1) is 11.2 Å². The zero-order valence-electron chi connectivity index (χ0n) is 10.1. The Balaban J connectivity index is 1.78. The van der Waals surface area contributed by atoms with Crippen molar-refractivity contribution in [2.24, 2.45) is 0 Å². The summed E-state index contributed by atoms with van der Waals surface area (Å²) in [5.74, 6) is 0.448. The molecule has 3 rings (SSSR count). The molecule has 0 spiro atoms. The summed E-state index contributed by atoms with van der Waals surface area (Å²) in [6.07, 6.45) is 5.94. The lowest BCUT2D eigenvalue weighted by atomic mass is 10.4. The van der Waals surface area contributed by atoms with Gasteiger partial charge in [-0.1, -0.05) is 16.8 Å². The van der Waals surface area contributed by atoms with Crippen LogP contribution in [0, 0.1) is 0 Å². The van der Waals surface area contributed by atoms with Crippen LogP contribution >= 0.6 is 11.6 Å². The lowest BCUT2D eigenvalue weighted by Crippen LogP contribution is -2.08. The fourth-order valence-corrected chi connectivity index (χ4v) is 2.12. The molecule has 2 N–H and O–H groups in total. The number of nitrogens with two attached hydrogens (primary N) is 1. The van der Waals surface area contributed by atoms with E-state index in [1.165, 1.54) is 0 Å². The first kappa shape index (κ1) is 11.9. The van der Waals surface area contributed by atoms with Crippen LogP contribution in [-0.4, -0.2) is 29.5 Å². The van der Waals surface area contributed by atoms with E-state index in [0.29, 0.717) is 16.5 Å². The van der Waals surface area contributed by atoms with Crippen molar-refractivity contribution < 1.29 is 0 Å². The van der Waals surface area contributed by atoms with Crippen molar-refractivity contribution in [1.82, 2.24) is 29.5 Å². The smallest absolute Gasteiger partial charge is 0.202 e. The molecule has 19 heavy (non-hydrogen) atoms. The van der Waals surface area contributed by atoms with Gasteiger partial charge >= 0.3 is 0 Å². The van der Waals surface area contributed by atoms with Crippen molar-refractivity contribution in [3.8, 4) is 0 Å². The molecule has 0 aliphatic rings. The van der Waals surface area contributed by atoms with E-state index in [-0.39, 0.29) is 0 Å². The lowest BCUT2D eigenvalue weighted by Gasteiger charge is -2.05. The molecular weight excluding hydrogens is 266 g/mol. The topological polar surface area (TPSA) is 87.4 Å². The lowest BCUT2D eigenvalue weighted by molar-refractivity contribution is 0.520. The number of nitrogens with zero attached hydrogens (tertiary/aromatic N) is 6. The van der Waals surface area contributed by atoms with Crippen LogP contribution in [-0.2, 0) is 13.1 Å². The highest BCUT2D eigenvalue weighted by atomic mass is 35.5. The summed E-state index contributed by atoms with van der Waals surface area (Å²) in [5, 5.41) is 8.22. The Morgan fingerprint density at radius 2 is 2.21 bits per heavy atom. The second-order valence-corrected chi connectivity index (χ2v) is 4.57. The van der Waals surface area contributed by atoms with E-state index in [0.717, 1.165) is 25.2 Å². The number of imidazole rings is 1. The minimum absolute atomic E-state index is 0.448. The summed E-state index contributed by atoms with van der Waals surface area (Å²) in [5.41, 5.74) is 7.36. The third kappa shape index (κ3) is 2.37. The largest absolute Gasteiger partial charge is 0.369 e. The number of halogens is 1. The van der Waals surface area contributed by atoms with Gasteiger partial charge in [0.25, 0.3) is 0 Å². The van der Waals surface area contributed by atoms with Gasteiger partial charge in [-0.25, -0.2) is 9.97 Å². The fourth-order valence-electron chi connectivity index (χ4n) is 1.97. The monoisotopic (exact) mass is 277 g/mol. The number of rotatable bonds is 4. The van der Waals surface area contributed by atoms with Crippen molar-refractivity contribution in [3.05, 3.63) is 29.7 Å². The maximum atomic E-state index is 5.90. The molecule has 0 unspecified atom stereocenters. The average molecular weight is 278 g/mol. The van der Waals surface area contributed by atoms with E-state index in [1.807, 2.05) is 10.8 Å². The SMILES string of the molecule is Nc1nc2cc(Cl)cnc2n1CCCn1ccnn1. The average Bonchev–Trinajstić information content (AvgIpc) is 2.98. The molecule has 0 saturated heterocycles. The third-order valence-corrected chi connectivity index (χ3v) is 3.03. The van der Waals surface area contributed by atoms with Crippen molar-refractivity contribution >= 4 is 28.7 Å². The summed E-state index contributed by atoms with van der Waals surface area (Å²) in [4.78, 5) is 8.52. The van der Waals surface area contributed by atoms with E-state index >= 15 is 0 Å². The predicted molar refractivity (Wildman–Crippen MR) is 71.6 cm³/mol. The van der Waals surface area contributed by atoms with Gasteiger partial charge in [0.2, 0.25) is 5.95 Å². The highest BCUT2D eigenvalue weighted by Gasteiger charge is 2.09. The minimum atomic E-state index is 0.448. The van der Waals surface area contributed by atoms with Crippen LogP contribution in [0.15, 0.2) is 24.7 Å². The Bertz CT molecular complexity index is 688. The first-order chi connectivity index (χ1) is 9.24. The zero-order chi connectivity index (χ0) is 13.2. The second kappa shape index (κ2) is 4.85. The van der Waals surface area contributed by atoms with Crippen LogP contribution in [0.2, 0.25) is 5.02 Å². The number of hydrogen-bond donors (Lipinski definition) is 1. The van der Waals surface area contributed by atoms with Crippen LogP contribution < -0.4 is 5.73 Å². The Labute approximate surface area is 114 Å². The van der Waals surface area contributed by atoms with E-state index in [9.17, 15) is 0 Å². The zero-order valence-corrected chi connectivity index (χ0v) is 10.8. The summed E-state index contributed by atoms with van der Waals surface area (Å²) >= 11 is 5.88. The number of nitrogen functional groups attached to an aromatic ring is 1. The van der Waals surface area contributed by atoms with Crippen molar-refractivity contribution in [3.63, 3.8) is 0 Å².